The fraction of sp³-hybridized carbons (Fsp3) is 0.100. The molecule has 3 heteroatoms. The monoisotopic (exact) mass is 368 g/mol. The van der Waals surface area contributed by atoms with E-state index in [2.05, 4.69) is 40.2 Å². The molecule has 0 unspecified atom stereocenters. The number of halogens is 1. The van der Waals surface area contributed by atoms with Gasteiger partial charge in [-0.05, 0) is 41.5 Å². The molecule has 0 radical (unpaired) electrons. The molecule has 0 N–H and O–H groups in total. The highest BCUT2D eigenvalue weighted by molar-refractivity contribution is 9.10. The highest BCUT2D eigenvalue weighted by Gasteiger charge is 2.09. The zero-order valence-electron chi connectivity index (χ0n) is 12.8. The average molecular weight is 369 g/mol. The van der Waals surface area contributed by atoms with Crippen LogP contribution in [0.25, 0.3) is 11.1 Å². The molecule has 116 valence electrons. The zero-order chi connectivity index (χ0) is 16.1. The number of hydrogen-bond donors (Lipinski definition) is 0. The van der Waals surface area contributed by atoms with E-state index >= 15 is 0 Å². The summed E-state index contributed by atoms with van der Waals surface area (Å²) in [6.07, 6.45) is 0. The lowest BCUT2D eigenvalue weighted by atomic mass is 10.0. The minimum atomic E-state index is 0.541. The first-order valence-electron chi connectivity index (χ1n) is 7.37. The third-order valence-corrected chi connectivity index (χ3v) is 4.05. The van der Waals surface area contributed by atoms with Crippen LogP contribution in [0.15, 0.2) is 77.3 Å². The van der Waals surface area contributed by atoms with Crippen LogP contribution in [0.5, 0.6) is 11.5 Å². The van der Waals surface area contributed by atoms with Gasteiger partial charge in [-0.2, -0.15) is 0 Å². The van der Waals surface area contributed by atoms with Gasteiger partial charge < -0.3 is 9.47 Å². The number of ether oxygens (including phenoxy) is 2. The van der Waals surface area contributed by atoms with Crippen LogP contribution in [-0.4, -0.2) is 7.11 Å². The average Bonchev–Trinajstić information content (AvgIpc) is 2.61. The molecule has 0 aliphatic heterocycles. The van der Waals surface area contributed by atoms with Gasteiger partial charge in [0.1, 0.15) is 18.1 Å². The maximum atomic E-state index is 6.04. The number of benzene rings is 3. The van der Waals surface area contributed by atoms with Gasteiger partial charge in [-0.25, -0.2) is 0 Å². The van der Waals surface area contributed by atoms with Crippen LogP contribution < -0.4 is 9.47 Å². The van der Waals surface area contributed by atoms with E-state index in [1.165, 1.54) is 0 Å². The van der Waals surface area contributed by atoms with E-state index in [0.29, 0.717) is 6.61 Å². The van der Waals surface area contributed by atoms with Gasteiger partial charge in [0.05, 0.1) is 7.11 Å². The second kappa shape index (κ2) is 7.34. The largest absolute Gasteiger partial charge is 0.497 e. The van der Waals surface area contributed by atoms with E-state index in [1.807, 2.05) is 48.5 Å². The maximum Gasteiger partial charge on any atom is 0.127 e. The molecule has 0 atom stereocenters. The second-order valence-electron chi connectivity index (χ2n) is 5.15. The van der Waals surface area contributed by atoms with Crippen molar-refractivity contribution in [2.45, 2.75) is 6.61 Å². The molecule has 0 bridgehead atoms. The van der Waals surface area contributed by atoms with Crippen LogP contribution in [0.1, 0.15) is 5.56 Å². The van der Waals surface area contributed by atoms with Crippen LogP contribution in [0.3, 0.4) is 0 Å². The molecule has 0 saturated heterocycles. The first-order chi connectivity index (χ1) is 11.3. The molecule has 0 heterocycles. The van der Waals surface area contributed by atoms with Crippen molar-refractivity contribution < 1.29 is 9.47 Å². The summed E-state index contributed by atoms with van der Waals surface area (Å²) in [7, 11) is 1.67. The molecule has 0 saturated carbocycles. The fourth-order valence-corrected chi connectivity index (χ4v) is 2.74. The maximum absolute atomic E-state index is 6.04. The van der Waals surface area contributed by atoms with Crippen LogP contribution in [0, 0.1) is 0 Å². The Labute approximate surface area is 144 Å². The Morgan fingerprint density at radius 3 is 2.48 bits per heavy atom. The molecule has 0 aliphatic rings. The van der Waals surface area contributed by atoms with Crippen LogP contribution in [0.4, 0.5) is 0 Å². The summed E-state index contributed by atoms with van der Waals surface area (Å²) in [5.74, 6) is 1.68. The number of methoxy groups -OCH3 is 1. The smallest absolute Gasteiger partial charge is 0.127 e. The van der Waals surface area contributed by atoms with Gasteiger partial charge in [0.15, 0.2) is 0 Å². The fourth-order valence-electron chi connectivity index (χ4n) is 2.38. The van der Waals surface area contributed by atoms with Crippen molar-refractivity contribution in [2.24, 2.45) is 0 Å². The molecule has 0 spiro atoms. The molecule has 23 heavy (non-hydrogen) atoms. The summed E-state index contributed by atoms with van der Waals surface area (Å²) in [6.45, 7) is 0.541. The second-order valence-corrected chi connectivity index (χ2v) is 6.06. The van der Waals surface area contributed by atoms with Crippen LogP contribution in [0.2, 0.25) is 0 Å². The minimum Gasteiger partial charge on any atom is -0.497 e. The third kappa shape index (κ3) is 3.93. The van der Waals surface area contributed by atoms with Crippen molar-refractivity contribution in [3.8, 4) is 22.6 Å². The topological polar surface area (TPSA) is 18.5 Å². The number of hydrogen-bond acceptors (Lipinski definition) is 2. The van der Waals surface area contributed by atoms with Crippen molar-refractivity contribution >= 4 is 15.9 Å². The van der Waals surface area contributed by atoms with Gasteiger partial charge in [0, 0.05) is 10.0 Å². The van der Waals surface area contributed by atoms with E-state index in [9.17, 15) is 0 Å². The summed E-state index contributed by atoms with van der Waals surface area (Å²) in [4.78, 5) is 0. The summed E-state index contributed by atoms with van der Waals surface area (Å²) in [5.41, 5.74) is 3.25. The molecular formula is C20H17BrO2. The Hall–Kier alpha value is -2.26. The Kier molecular flexibility index (Phi) is 4.99. The Bertz CT molecular complexity index is 785. The molecular weight excluding hydrogens is 352 g/mol. The van der Waals surface area contributed by atoms with Gasteiger partial charge in [-0.3, -0.25) is 0 Å². The van der Waals surface area contributed by atoms with Crippen LogP contribution in [-0.2, 0) is 6.61 Å². The van der Waals surface area contributed by atoms with E-state index in [0.717, 1.165) is 32.7 Å². The van der Waals surface area contributed by atoms with E-state index in [-0.39, 0.29) is 0 Å². The highest BCUT2D eigenvalue weighted by Crippen LogP contribution is 2.34. The van der Waals surface area contributed by atoms with Crippen molar-refractivity contribution in [3.05, 3.63) is 82.8 Å². The lowest BCUT2D eigenvalue weighted by Crippen LogP contribution is -1.97. The quantitative estimate of drug-likeness (QED) is 0.574. The molecule has 0 fully saturated rings. The molecule has 3 aromatic rings. The minimum absolute atomic E-state index is 0.541. The first-order valence-corrected chi connectivity index (χ1v) is 8.16. The van der Waals surface area contributed by atoms with Crippen LogP contribution >= 0.6 is 15.9 Å². The number of rotatable bonds is 5. The summed E-state index contributed by atoms with van der Waals surface area (Å²) in [5, 5.41) is 0. The van der Waals surface area contributed by atoms with Gasteiger partial charge in [-0.15, -0.1) is 0 Å². The van der Waals surface area contributed by atoms with Gasteiger partial charge >= 0.3 is 0 Å². The van der Waals surface area contributed by atoms with E-state index in [4.69, 9.17) is 9.47 Å². The van der Waals surface area contributed by atoms with Crippen molar-refractivity contribution in [1.82, 2.24) is 0 Å². The highest BCUT2D eigenvalue weighted by atomic mass is 79.9. The van der Waals surface area contributed by atoms with Gasteiger partial charge in [0.25, 0.3) is 0 Å². The molecule has 0 aliphatic carbocycles. The van der Waals surface area contributed by atoms with Crippen molar-refractivity contribution in [3.63, 3.8) is 0 Å². The molecule has 0 aromatic heterocycles. The predicted molar refractivity (Wildman–Crippen MR) is 96.9 cm³/mol. The Morgan fingerprint density at radius 2 is 1.70 bits per heavy atom. The standard InChI is InChI=1S/C20H17BrO2/c1-22-18-9-5-8-16(12-18)19-13-17(21)10-11-20(19)23-14-15-6-3-2-4-7-15/h2-13H,14H2,1H3. The van der Waals surface area contributed by atoms with Gasteiger partial charge in [-0.1, -0.05) is 58.4 Å². The Morgan fingerprint density at radius 1 is 0.870 bits per heavy atom. The lowest BCUT2D eigenvalue weighted by molar-refractivity contribution is 0.307. The van der Waals surface area contributed by atoms with Crippen molar-refractivity contribution in [1.29, 1.82) is 0 Å². The Balaban J connectivity index is 1.91. The van der Waals surface area contributed by atoms with E-state index < -0.39 is 0 Å². The normalized spacial score (nSPS) is 10.3. The molecule has 0 amide bonds. The molecule has 3 aromatic carbocycles. The van der Waals surface area contributed by atoms with Crippen molar-refractivity contribution in [2.75, 3.05) is 7.11 Å². The lowest BCUT2D eigenvalue weighted by Gasteiger charge is -2.13. The van der Waals surface area contributed by atoms with E-state index in [1.54, 1.807) is 7.11 Å². The molecule has 3 rings (SSSR count). The zero-order valence-corrected chi connectivity index (χ0v) is 14.4. The first kappa shape index (κ1) is 15.6. The summed E-state index contributed by atoms with van der Waals surface area (Å²) >= 11 is 3.54. The predicted octanol–water partition coefficient (Wildman–Crippen LogP) is 5.70. The summed E-state index contributed by atoms with van der Waals surface area (Å²) in [6, 6.07) is 24.2. The third-order valence-electron chi connectivity index (χ3n) is 3.56. The molecule has 2 nitrogen and oxygen atoms in total. The van der Waals surface area contributed by atoms with Gasteiger partial charge in [0.2, 0.25) is 0 Å². The SMILES string of the molecule is COc1cccc(-c2cc(Br)ccc2OCc2ccccc2)c1. The summed E-state index contributed by atoms with van der Waals surface area (Å²) < 4.78 is 12.4.